The fourth-order valence-electron chi connectivity index (χ4n) is 6.46. The Morgan fingerprint density at radius 3 is 1.15 bits per heavy atom. The van der Waals surface area contributed by atoms with Crippen molar-refractivity contribution in [2.45, 2.75) is 238 Å². The van der Waals surface area contributed by atoms with E-state index in [1.807, 2.05) is 0 Å². The zero-order valence-electron chi connectivity index (χ0n) is 31.2. The number of rotatable bonds is 38. The first-order valence-electron chi connectivity index (χ1n) is 20.5. The third-order valence-electron chi connectivity index (χ3n) is 9.59. The Balaban J connectivity index is 3.90. The summed E-state index contributed by atoms with van der Waals surface area (Å²) in [6, 6.07) is -0.817. The lowest BCUT2D eigenvalue weighted by Crippen LogP contribution is -2.46. The quantitative estimate of drug-likeness (QED) is 0.0379. The molecule has 0 heterocycles. The molecule has 0 radical (unpaired) electrons. The molecule has 0 aromatic rings. The Morgan fingerprint density at radius 1 is 0.532 bits per heavy atom. The Labute approximate surface area is 291 Å². The highest BCUT2D eigenvalue weighted by atomic mass is 31.2. The third kappa shape index (κ3) is 36.6. The van der Waals surface area contributed by atoms with E-state index in [1.165, 1.54) is 161 Å². The van der Waals surface area contributed by atoms with Gasteiger partial charge in [-0.3, -0.25) is 9.32 Å². The number of aliphatic hydroxyl groups excluding tert-OH is 1. The van der Waals surface area contributed by atoms with E-state index >= 15 is 0 Å². The van der Waals surface area contributed by atoms with E-state index in [4.69, 9.17) is 9.79 Å². The molecule has 0 unspecified atom stereocenters. The molecule has 1 amide bonds. The van der Waals surface area contributed by atoms with E-state index in [0.717, 1.165) is 38.5 Å². The van der Waals surface area contributed by atoms with Gasteiger partial charge in [0.1, 0.15) is 0 Å². The van der Waals surface area contributed by atoms with Gasteiger partial charge in [0.15, 0.2) is 0 Å². The third-order valence-corrected chi connectivity index (χ3v) is 10.1. The van der Waals surface area contributed by atoms with Gasteiger partial charge in [0.2, 0.25) is 5.91 Å². The van der Waals surface area contributed by atoms with Crippen LogP contribution in [0, 0.1) is 0 Å². The smallest absolute Gasteiger partial charge is 0.391 e. The van der Waals surface area contributed by atoms with Crippen molar-refractivity contribution in [2.75, 3.05) is 6.61 Å². The Bertz CT molecular complexity index is 703. The molecule has 0 fully saturated rings. The molecule has 0 bridgehead atoms. The van der Waals surface area contributed by atoms with Gasteiger partial charge in [0, 0.05) is 6.42 Å². The van der Waals surface area contributed by atoms with Gasteiger partial charge in [-0.1, -0.05) is 206 Å². The number of carbonyl (C=O) groups is 1. The van der Waals surface area contributed by atoms with Crippen molar-refractivity contribution in [2.24, 2.45) is 0 Å². The van der Waals surface area contributed by atoms with Crippen LogP contribution in [0.3, 0.4) is 0 Å². The summed E-state index contributed by atoms with van der Waals surface area (Å²) >= 11 is 0. The normalized spacial score (nSPS) is 13.2. The molecule has 7 nitrogen and oxygen atoms in total. The van der Waals surface area contributed by atoms with Gasteiger partial charge in [-0.15, -0.1) is 0 Å². The number of amides is 1. The molecule has 0 aromatic carbocycles. The number of nitrogens with one attached hydrogen (secondary N) is 1. The van der Waals surface area contributed by atoms with Crippen molar-refractivity contribution >= 4 is 13.7 Å². The van der Waals surface area contributed by atoms with Gasteiger partial charge in [-0.2, -0.15) is 0 Å². The first-order chi connectivity index (χ1) is 22.8. The molecule has 2 atom stereocenters. The number of hydrogen-bond acceptors (Lipinski definition) is 4. The van der Waals surface area contributed by atoms with Gasteiger partial charge in [-0.05, 0) is 12.8 Å². The average Bonchev–Trinajstić information content (AvgIpc) is 3.04. The van der Waals surface area contributed by atoms with Crippen LogP contribution in [-0.4, -0.2) is 39.6 Å². The SMILES string of the molecule is CCCCCCCCCCCCCCCCCC[C@@H](O)[C@H](COP(=O)(O)O)NC(=O)CCCCCCCCCCCCCCCCC. The molecule has 8 heteroatoms. The van der Waals surface area contributed by atoms with E-state index < -0.39 is 26.6 Å². The van der Waals surface area contributed by atoms with E-state index in [0.29, 0.717) is 12.8 Å². The van der Waals surface area contributed by atoms with Crippen LogP contribution >= 0.6 is 7.82 Å². The lowest BCUT2D eigenvalue weighted by Gasteiger charge is -2.24. The van der Waals surface area contributed by atoms with Crippen molar-refractivity contribution in [3.05, 3.63) is 0 Å². The summed E-state index contributed by atoms with van der Waals surface area (Å²) in [7, 11) is -4.68. The second-order valence-corrected chi connectivity index (χ2v) is 15.6. The van der Waals surface area contributed by atoms with Crippen LogP contribution in [0.15, 0.2) is 0 Å². The predicted octanol–water partition coefficient (Wildman–Crippen LogP) is 11.9. The number of unbranched alkanes of at least 4 members (excludes halogenated alkanes) is 29. The van der Waals surface area contributed by atoms with Crippen LogP contribution in [0.4, 0.5) is 0 Å². The fourth-order valence-corrected chi connectivity index (χ4v) is 6.82. The Morgan fingerprint density at radius 2 is 0.830 bits per heavy atom. The average molecular weight is 690 g/mol. The Hall–Kier alpha value is -0.460. The van der Waals surface area contributed by atoms with Crippen LogP contribution in [0.25, 0.3) is 0 Å². The second-order valence-electron chi connectivity index (χ2n) is 14.3. The molecule has 0 aliphatic rings. The molecular weight excluding hydrogens is 609 g/mol. The van der Waals surface area contributed by atoms with Gasteiger partial charge < -0.3 is 20.2 Å². The Kier molecular flexibility index (Phi) is 35.0. The molecule has 282 valence electrons. The lowest BCUT2D eigenvalue weighted by atomic mass is 10.0. The predicted molar refractivity (Wildman–Crippen MR) is 200 cm³/mol. The minimum atomic E-state index is -4.68. The van der Waals surface area contributed by atoms with Crippen molar-refractivity contribution in [3.8, 4) is 0 Å². The minimum absolute atomic E-state index is 0.190. The summed E-state index contributed by atoms with van der Waals surface area (Å²) in [5.74, 6) is -0.190. The first-order valence-corrected chi connectivity index (χ1v) is 22.0. The van der Waals surface area contributed by atoms with Gasteiger partial charge in [-0.25, -0.2) is 4.57 Å². The number of carbonyl (C=O) groups excluding carboxylic acids is 1. The highest BCUT2D eigenvalue weighted by Crippen LogP contribution is 2.36. The maximum Gasteiger partial charge on any atom is 0.469 e. The van der Waals surface area contributed by atoms with E-state index in [9.17, 15) is 14.5 Å². The van der Waals surface area contributed by atoms with Crippen LogP contribution in [-0.2, 0) is 13.9 Å². The van der Waals surface area contributed by atoms with E-state index in [-0.39, 0.29) is 5.91 Å². The summed E-state index contributed by atoms with van der Waals surface area (Å²) in [6.07, 6.45) is 39.4. The second kappa shape index (κ2) is 35.4. The highest BCUT2D eigenvalue weighted by Gasteiger charge is 2.25. The molecule has 0 saturated heterocycles. The fraction of sp³-hybridized carbons (Fsp3) is 0.974. The molecule has 0 saturated carbocycles. The van der Waals surface area contributed by atoms with Crippen LogP contribution < -0.4 is 5.32 Å². The molecule has 0 spiro atoms. The summed E-state index contributed by atoms with van der Waals surface area (Å²) in [5, 5.41) is 13.5. The van der Waals surface area contributed by atoms with Crippen LogP contribution in [0.2, 0.25) is 0 Å². The number of aliphatic hydroxyl groups is 1. The molecule has 47 heavy (non-hydrogen) atoms. The van der Waals surface area contributed by atoms with Gasteiger partial charge >= 0.3 is 7.82 Å². The van der Waals surface area contributed by atoms with Crippen molar-refractivity contribution < 1.29 is 28.8 Å². The zero-order chi connectivity index (χ0) is 34.7. The van der Waals surface area contributed by atoms with Gasteiger partial charge in [0.05, 0.1) is 18.8 Å². The van der Waals surface area contributed by atoms with E-state index in [1.54, 1.807) is 0 Å². The zero-order valence-corrected chi connectivity index (χ0v) is 32.1. The summed E-state index contributed by atoms with van der Waals surface area (Å²) in [5.41, 5.74) is 0. The minimum Gasteiger partial charge on any atom is -0.391 e. The number of phosphoric ester groups is 1. The molecule has 0 aliphatic carbocycles. The highest BCUT2D eigenvalue weighted by molar-refractivity contribution is 7.46. The van der Waals surface area contributed by atoms with Crippen LogP contribution in [0.5, 0.6) is 0 Å². The van der Waals surface area contributed by atoms with Crippen molar-refractivity contribution in [1.82, 2.24) is 5.32 Å². The summed E-state index contributed by atoms with van der Waals surface area (Å²) in [4.78, 5) is 30.9. The van der Waals surface area contributed by atoms with E-state index in [2.05, 4.69) is 23.7 Å². The first kappa shape index (κ1) is 46.5. The van der Waals surface area contributed by atoms with Crippen molar-refractivity contribution in [1.29, 1.82) is 0 Å². The number of phosphoric acid groups is 1. The molecular formula is C39H80NO6P. The van der Waals surface area contributed by atoms with Gasteiger partial charge in [0.25, 0.3) is 0 Å². The monoisotopic (exact) mass is 690 g/mol. The van der Waals surface area contributed by atoms with Crippen LogP contribution in [0.1, 0.15) is 226 Å². The number of hydrogen-bond donors (Lipinski definition) is 4. The maximum absolute atomic E-state index is 12.6. The summed E-state index contributed by atoms with van der Waals surface area (Å²) in [6.45, 7) is 4.13. The lowest BCUT2D eigenvalue weighted by molar-refractivity contribution is -0.123. The molecule has 0 aromatic heterocycles. The molecule has 0 rings (SSSR count). The van der Waals surface area contributed by atoms with Crippen molar-refractivity contribution in [3.63, 3.8) is 0 Å². The topological polar surface area (TPSA) is 116 Å². The molecule has 0 aliphatic heterocycles. The standard InChI is InChI=1S/C39H80NO6P/c1-3-5-7-9-11-13-15-17-19-21-22-24-26-28-30-32-34-38(41)37(36-46-47(43,44)45)40-39(42)35-33-31-29-27-25-23-20-18-16-14-12-10-8-6-4-2/h37-38,41H,3-36H2,1-2H3,(H,40,42)(H2,43,44,45)/t37-,38+/m0/s1. The summed E-state index contributed by atoms with van der Waals surface area (Å²) < 4.78 is 15.9. The largest absolute Gasteiger partial charge is 0.469 e. The molecule has 4 N–H and O–H groups in total. The maximum atomic E-state index is 12.6.